The highest BCUT2D eigenvalue weighted by molar-refractivity contribution is 7.47. The second-order valence-electron chi connectivity index (χ2n) is 27.9. The molecule has 0 rings (SSSR count). The molecular weight excluding hydrogens is 1220 g/mol. The molecular formula is C74H144O17P2. The molecule has 0 heterocycles. The van der Waals surface area contributed by atoms with Crippen LogP contribution in [-0.4, -0.2) is 96.7 Å². The third-order valence-electron chi connectivity index (χ3n) is 17.5. The zero-order valence-electron chi connectivity index (χ0n) is 60.7. The monoisotopic (exact) mass is 1370 g/mol. The Bertz CT molecular complexity index is 1820. The molecule has 93 heavy (non-hydrogen) atoms. The Balaban J connectivity index is 5.15. The van der Waals surface area contributed by atoms with Crippen molar-refractivity contribution in [3.05, 3.63) is 0 Å². The van der Waals surface area contributed by atoms with Crippen molar-refractivity contribution in [3.8, 4) is 0 Å². The fourth-order valence-electron chi connectivity index (χ4n) is 11.2. The number of rotatable bonds is 72. The highest BCUT2D eigenvalue weighted by Crippen LogP contribution is 2.45. The Kier molecular flexibility index (Phi) is 63.4. The lowest BCUT2D eigenvalue weighted by Crippen LogP contribution is -2.30. The quantitative estimate of drug-likeness (QED) is 0.0222. The van der Waals surface area contributed by atoms with Crippen molar-refractivity contribution in [3.63, 3.8) is 0 Å². The predicted molar refractivity (Wildman–Crippen MR) is 377 cm³/mol. The van der Waals surface area contributed by atoms with E-state index in [9.17, 15) is 43.2 Å². The standard InChI is InChI=1S/C74H144O17P2/c1-8-10-11-12-13-33-41-48-55-71(76)84-62-70(91-74(79)58-51-44-37-36-39-46-53-66(5)6)64-89-93(82,83)87-60-68(75)59-86-92(80,81)88-63-69(61-85-72(77)56-49-42-34-29-26-22-23-27-31-38-45-52-65(3)4)90-73(78)57-50-43-35-30-25-21-19-17-15-14-16-18-20-24-28-32-40-47-54-67(7)9-2/h65-70,75H,8-64H2,1-7H3,(H,80,81)(H,82,83)/t67?,68-,69-,70-/m1/s1. The molecule has 0 amide bonds. The third kappa shape index (κ3) is 67.0. The average Bonchev–Trinajstić information content (AvgIpc) is 3.02. The van der Waals surface area contributed by atoms with E-state index in [4.69, 9.17) is 37.0 Å². The van der Waals surface area contributed by atoms with Crippen molar-refractivity contribution in [2.45, 2.75) is 394 Å². The molecule has 0 saturated carbocycles. The molecule has 0 bridgehead atoms. The predicted octanol–water partition coefficient (Wildman–Crippen LogP) is 21.4. The Morgan fingerprint density at radius 2 is 0.548 bits per heavy atom. The zero-order chi connectivity index (χ0) is 68.7. The van der Waals surface area contributed by atoms with E-state index in [1.54, 1.807) is 0 Å². The first-order valence-electron chi connectivity index (χ1n) is 38.4. The van der Waals surface area contributed by atoms with Crippen LogP contribution in [0.25, 0.3) is 0 Å². The Morgan fingerprint density at radius 1 is 0.312 bits per heavy atom. The maximum absolute atomic E-state index is 13.1. The first-order chi connectivity index (χ1) is 44.8. The lowest BCUT2D eigenvalue weighted by atomic mass is 9.99. The molecule has 3 unspecified atom stereocenters. The molecule has 0 aromatic carbocycles. The molecule has 0 fully saturated rings. The van der Waals surface area contributed by atoms with E-state index in [0.29, 0.717) is 31.6 Å². The summed E-state index contributed by atoms with van der Waals surface area (Å²) >= 11 is 0. The molecule has 0 aliphatic rings. The molecule has 0 aromatic rings. The summed E-state index contributed by atoms with van der Waals surface area (Å²) < 4.78 is 68.3. The van der Waals surface area contributed by atoms with Crippen molar-refractivity contribution in [2.24, 2.45) is 17.8 Å². The fourth-order valence-corrected chi connectivity index (χ4v) is 12.8. The van der Waals surface area contributed by atoms with Gasteiger partial charge in [-0.25, -0.2) is 9.13 Å². The smallest absolute Gasteiger partial charge is 0.462 e. The molecule has 6 atom stereocenters. The summed E-state index contributed by atoms with van der Waals surface area (Å²) in [7, 11) is -9.90. The van der Waals surface area contributed by atoms with Gasteiger partial charge in [0.15, 0.2) is 12.2 Å². The molecule has 0 aliphatic heterocycles. The van der Waals surface area contributed by atoms with E-state index in [-0.39, 0.29) is 25.7 Å². The van der Waals surface area contributed by atoms with Gasteiger partial charge < -0.3 is 33.8 Å². The van der Waals surface area contributed by atoms with E-state index in [1.165, 1.54) is 180 Å². The highest BCUT2D eigenvalue weighted by atomic mass is 31.2. The molecule has 0 aromatic heterocycles. The van der Waals surface area contributed by atoms with Crippen LogP contribution >= 0.6 is 15.6 Å². The summed E-state index contributed by atoms with van der Waals surface area (Å²) in [6, 6.07) is 0. The molecule has 0 saturated heterocycles. The number of unbranched alkanes of at least 4 members (excludes halogenated alkanes) is 39. The highest BCUT2D eigenvalue weighted by Gasteiger charge is 2.30. The maximum atomic E-state index is 13.1. The number of carbonyl (C=O) groups excluding carboxylic acids is 4. The Hall–Kier alpha value is -1.94. The number of hydrogen-bond acceptors (Lipinski definition) is 15. The molecule has 17 nitrogen and oxygen atoms in total. The van der Waals surface area contributed by atoms with Crippen molar-refractivity contribution in [1.82, 2.24) is 0 Å². The lowest BCUT2D eigenvalue weighted by molar-refractivity contribution is -0.161. The minimum Gasteiger partial charge on any atom is -0.462 e. The van der Waals surface area contributed by atoms with Gasteiger partial charge in [0.25, 0.3) is 0 Å². The summed E-state index contributed by atoms with van der Waals surface area (Å²) in [5.41, 5.74) is 0. The average molecular weight is 1370 g/mol. The van der Waals surface area contributed by atoms with Gasteiger partial charge in [0.05, 0.1) is 26.4 Å². The first kappa shape index (κ1) is 91.1. The van der Waals surface area contributed by atoms with Crippen LogP contribution in [0.2, 0.25) is 0 Å². The summed E-state index contributed by atoms with van der Waals surface area (Å²) in [6.45, 7) is 11.8. The molecule has 0 aliphatic carbocycles. The van der Waals surface area contributed by atoms with E-state index in [0.717, 1.165) is 108 Å². The van der Waals surface area contributed by atoms with Gasteiger partial charge in [0.2, 0.25) is 0 Å². The van der Waals surface area contributed by atoms with Gasteiger partial charge in [-0.05, 0) is 43.4 Å². The zero-order valence-corrected chi connectivity index (χ0v) is 62.5. The number of esters is 4. The van der Waals surface area contributed by atoms with Crippen molar-refractivity contribution in [1.29, 1.82) is 0 Å². The Labute approximate surface area is 568 Å². The van der Waals surface area contributed by atoms with E-state index in [2.05, 4.69) is 48.5 Å². The number of ether oxygens (including phenoxy) is 4. The van der Waals surface area contributed by atoms with E-state index >= 15 is 0 Å². The Morgan fingerprint density at radius 3 is 0.817 bits per heavy atom. The van der Waals surface area contributed by atoms with Crippen LogP contribution in [0, 0.1) is 17.8 Å². The van der Waals surface area contributed by atoms with Crippen LogP contribution in [-0.2, 0) is 65.4 Å². The van der Waals surface area contributed by atoms with Crippen LogP contribution < -0.4 is 0 Å². The fraction of sp³-hybridized carbons (Fsp3) is 0.946. The maximum Gasteiger partial charge on any atom is 0.472 e. The van der Waals surface area contributed by atoms with Gasteiger partial charge >= 0.3 is 39.5 Å². The number of aliphatic hydroxyl groups is 1. The summed E-state index contributed by atoms with van der Waals surface area (Å²) in [6.07, 6.45) is 50.3. The van der Waals surface area contributed by atoms with Crippen molar-refractivity contribution in [2.75, 3.05) is 39.6 Å². The molecule has 3 N–H and O–H groups in total. The van der Waals surface area contributed by atoms with E-state index in [1.807, 2.05) is 0 Å². The van der Waals surface area contributed by atoms with Crippen LogP contribution in [0.15, 0.2) is 0 Å². The SMILES string of the molecule is CCCCCCCCCCC(=O)OC[C@H](COP(=O)(O)OC[C@H](O)COP(=O)(O)OC[C@@H](COC(=O)CCCCCCCCCCCCCC(C)C)OC(=O)CCCCCCCCCCCCCCCCCCCCC(C)CC)OC(=O)CCCCCCCCC(C)C. The van der Waals surface area contributed by atoms with Gasteiger partial charge in [0.1, 0.15) is 19.3 Å². The topological polar surface area (TPSA) is 237 Å². The summed E-state index contributed by atoms with van der Waals surface area (Å²) in [5, 5.41) is 10.6. The molecule has 0 spiro atoms. The normalized spacial score (nSPS) is 14.4. The van der Waals surface area contributed by atoms with Gasteiger partial charge in [-0.15, -0.1) is 0 Å². The number of carbonyl (C=O) groups is 4. The van der Waals surface area contributed by atoms with E-state index < -0.39 is 97.5 Å². The third-order valence-corrected chi connectivity index (χ3v) is 19.4. The second-order valence-corrected chi connectivity index (χ2v) is 30.8. The number of aliphatic hydroxyl groups excluding tert-OH is 1. The van der Waals surface area contributed by atoms with Gasteiger partial charge in [-0.2, -0.15) is 0 Å². The number of hydrogen-bond donors (Lipinski definition) is 3. The molecule has 0 radical (unpaired) electrons. The first-order valence-corrected chi connectivity index (χ1v) is 41.4. The number of phosphoric ester groups is 2. The largest absolute Gasteiger partial charge is 0.472 e. The molecule has 552 valence electrons. The van der Waals surface area contributed by atoms with Crippen LogP contribution in [0.3, 0.4) is 0 Å². The van der Waals surface area contributed by atoms with Crippen LogP contribution in [0.4, 0.5) is 0 Å². The molecule has 19 heteroatoms. The van der Waals surface area contributed by atoms with Gasteiger partial charge in [-0.3, -0.25) is 37.3 Å². The van der Waals surface area contributed by atoms with Crippen LogP contribution in [0.5, 0.6) is 0 Å². The van der Waals surface area contributed by atoms with Crippen molar-refractivity contribution < 1.29 is 80.2 Å². The second kappa shape index (κ2) is 64.7. The van der Waals surface area contributed by atoms with Crippen molar-refractivity contribution >= 4 is 39.5 Å². The minimum atomic E-state index is -4.95. The van der Waals surface area contributed by atoms with Gasteiger partial charge in [-0.1, -0.05) is 325 Å². The van der Waals surface area contributed by atoms with Gasteiger partial charge in [0, 0.05) is 25.7 Å². The summed E-state index contributed by atoms with van der Waals surface area (Å²) in [5.74, 6) is 0.183. The lowest BCUT2D eigenvalue weighted by Gasteiger charge is -2.21. The minimum absolute atomic E-state index is 0.102. The van der Waals surface area contributed by atoms with Crippen LogP contribution in [0.1, 0.15) is 376 Å². The summed E-state index contributed by atoms with van der Waals surface area (Å²) in [4.78, 5) is 72.5. The number of phosphoric acid groups is 2.